The van der Waals surface area contributed by atoms with Gasteiger partial charge < -0.3 is 0 Å². The van der Waals surface area contributed by atoms with E-state index in [0.717, 1.165) is 44.4 Å². The van der Waals surface area contributed by atoms with Crippen LogP contribution in [0.5, 0.6) is 0 Å². The molecule has 1 radical (unpaired) electrons. The summed E-state index contributed by atoms with van der Waals surface area (Å²) in [6.45, 7) is 3.72. The molecule has 0 amide bonds. The van der Waals surface area contributed by atoms with Gasteiger partial charge in [-0.15, -0.1) is 0 Å². The van der Waals surface area contributed by atoms with Gasteiger partial charge in [0.05, 0.1) is 20.8 Å². The third-order valence-electron chi connectivity index (χ3n) is 5.94. The Morgan fingerprint density at radius 3 is 1.19 bits per heavy atom. The summed E-state index contributed by atoms with van der Waals surface area (Å²) in [7, 11) is -8.60. The summed E-state index contributed by atoms with van der Waals surface area (Å²) >= 11 is 0. The zero-order valence-electron chi connectivity index (χ0n) is 20.2. The fourth-order valence-electron chi connectivity index (χ4n) is 4.32. The maximum atomic E-state index is 11.4. The number of fused-ring (bicyclic) bond motifs is 3. The van der Waals surface area contributed by atoms with Crippen molar-refractivity contribution in [2.45, 2.75) is 23.6 Å². The fourth-order valence-corrected chi connectivity index (χ4v) is 5.28. The Balaban J connectivity index is 0.00000320. The maximum absolute atomic E-state index is 11.4. The number of pyridine rings is 2. The van der Waals surface area contributed by atoms with Crippen LogP contribution in [-0.2, 0) is 20.2 Å². The molecule has 0 atom stereocenters. The molecule has 0 aliphatic rings. The first-order chi connectivity index (χ1) is 16.9. The molecule has 0 unspecified atom stereocenters. The summed E-state index contributed by atoms with van der Waals surface area (Å²) in [6.07, 6.45) is 0. The van der Waals surface area contributed by atoms with Gasteiger partial charge in [-0.2, -0.15) is 16.8 Å². The van der Waals surface area contributed by atoms with Crippen LogP contribution in [0, 0.1) is 13.8 Å². The molecule has 0 bridgehead atoms. The van der Waals surface area contributed by atoms with Crippen LogP contribution in [0.25, 0.3) is 44.1 Å². The van der Waals surface area contributed by atoms with Crippen molar-refractivity contribution in [3.63, 3.8) is 0 Å². The second-order valence-corrected chi connectivity index (χ2v) is 11.3. The van der Waals surface area contributed by atoms with Gasteiger partial charge in [-0.25, -0.2) is 0 Å². The SMILES string of the molecule is Cc1cc(-c2ccc(S(=O)(=O)O)cc2)c2ccc3c(-c4ccc(S(=O)(=O)O)cc4)cc(C)nc3c2n1.[Na]. The first kappa shape index (κ1) is 27.3. The summed E-state index contributed by atoms with van der Waals surface area (Å²) in [4.78, 5) is 9.14. The third-order valence-corrected chi connectivity index (χ3v) is 7.68. The number of hydrogen-bond acceptors (Lipinski definition) is 6. The summed E-state index contributed by atoms with van der Waals surface area (Å²) < 4.78 is 64.3. The van der Waals surface area contributed by atoms with Crippen molar-refractivity contribution < 1.29 is 25.9 Å². The molecule has 8 nitrogen and oxygen atoms in total. The molecule has 11 heteroatoms. The molecular weight excluding hydrogens is 523 g/mol. The van der Waals surface area contributed by atoms with Gasteiger partial charge in [-0.1, -0.05) is 36.4 Å². The maximum Gasteiger partial charge on any atom is 0.294 e. The number of aryl methyl sites for hydroxylation is 2. The Morgan fingerprint density at radius 1 is 0.568 bits per heavy atom. The van der Waals surface area contributed by atoms with E-state index in [-0.39, 0.29) is 39.3 Å². The Bertz CT molecular complexity index is 1750. The molecule has 0 aliphatic heterocycles. The van der Waals surface area contributed by atoms with Crippen molar-refractivity contribution in [2.75, 3.05) is 0 Å². The molecule has 3 aromatic carbocycles. The van der Waals surface area contributed by atoms with Crippen LogP contribution in [0.15, 0.2) is 82.6 Å². The van der Waals surface area contributed by atoms with E-state index < -0.39 is 20.2 Å². The largest absolute Gasteiger partial charge is 0.294 e. The Labute approximate surface area is 236 Å². The summed E-state index contributed by atoms with van der Waals surface area (Å²) in [5.41, 5.74) is 6.00. The Hall–Kier alpha value is -2.70. The number of nitrogens with zero attached hydrogens (tertiary/aromatic N) is 2. The van der Waals surface area contributed by atoms with Crippen LogP contribution in [-0.4, -0.2) is 65.5 Å². The van der Waals surface area contributed by atoms with E-state index in [0.29, 0.717) is 11.0 Å². The first-order valence-electron chi connectivity index (χ1n) is 10.8. The molecule has 5 aromatic rings. The molecule has 2 heterocycles. The van der Waals surface area contributed by atoms with E-state index in [1.54, 1.807) is 24.3 Å². The van der Waals surface area contributed by atoms with Gasteiger partial charge in [0, 0.05) is 51.7 Å². The van der Waals surface area contributed by atoms with Gasteiger partial charge >= 0.3 is 0 Å². The van der Waals surface area contributed by atoms with E-state index in [4.69, 9.17) is 9.97 Å². The van der Waals surface area contributed by atoms with E-state index >= 15 is 0 Å². The second-order valence-electron chi connectivity index (χ2n) is 8.48. The zero-order valence-corrected chi connectivity index (χ0v) is 23.8. The smallest absolute Gasteiger partial charge is 0.282 e. The van der Waals surface area contributed by atoms with E-state index in [9.17, 15) is 25.9 Å². The molecule has 5 rings (SSSR count). The summed E-state index contributed by atoms with van der Waals surface area (Å²) in [5, 5.41) is 1.64. The predicted molar refractivity (Wildman–Crippen MR) is 143 cm³/mol. The molecule has 0 saturated carbocycles. The Kier molecular flexibility index (Phi) is 7.30. The first-order valence-corrected chi connectivity index (χ1v) is 13.7. The molecule has 0 fully saturated rings. The molecule has 0 spiro atoms. The number of benzene rings is 3. The standard InChI is InChI=1S/C26H20N2O6S2.Na/c1-15-13-23(17-3-7-19(8-4-17)35(29,30)31)21-11-12-22-24(14-16(2)28-26(22)25(21)27-15)18-5-9-20(10-6-18)36(32,33)34;/h3-14H,1-2H3,(H,29,30,31)(H,32,33,34);. The average Bonchev–Trinajstić information content (AvgIpc) is 2.82. The normalized spacial score (nSPS) is 12.0. The second kappa shape index (κ2) is 9.88. The summed E-state index contributed by atoms with van der Waals surface area (Å²) in [6, 6.07) is 19.6. The number of hydrogen-bond donors (Lipinski definition) is 2. The van der Waals surface area contributed by atoms with Crippen LogP contribution in [0.4, 0.5) is 0 Å². The van der Waals surface area contributed by atoms with E-state index in [1.807, 2.05) is 38.1 Å². The minimum Gasteiger partial charge on any atom is -0.282 e. The van der Waals surface area contributed by atoms with Crippen LogP contribution in [0.2, 0.25) is 0 Å². The predicted octanol–water partition coefficient (Wildman–Crippen LogP) is 4.85. The summed E-state index contributed by atoms with van der Waals surface area (Å²) in [5.74, 6) is 0. The van der Waals surface area contributed by atoms with Crippen molar-refractivity contribution in [3.05, 3.63) is 84.2 Å². The van der Waals surface area contributed by atoms with E-state index in [2.05, 4.69) is 0 Å². The van der Waals surface area contributed by atoms with Crippen LogP contribution >= 0.6 is 0 Å². The van der Waals surface area contributed by atoms with Crippen molar-refractivity contribution >= 4 is 71.6 Å². The topological polar surface area (TPSA) is 135 Å². The molecule has 183 valence electrons. The van der Waals surface area contributed by atoms with Crippen LogP contribution in [0.3, 0.4) is 0 Å². The Morgan fingerprint density at radius 2 is 0.892 bits per heavy atom. The zero-order chi connectivity index (χ0) is 25.8. The molecule has 2 aromatic heterocycles. The number of rotatable bonds is 4. The van der Waals surface area contributed by atoms with Gasteiger partial charge in [-0.05, 0) is 72.5 Å². The monoisotopic (exact) mass is 543 g/mol. The van der Waals surface area contributed by atoms with Crippen molar-refractivity contribution in [1.82, 2.24) is 9.97 Å². The van der Waals surface area contributed by atoms with Crippen molar-refractivity contribution in [2.24, 2.45) is 0 Å². The van der Waals surface area contributed by atoms with Gasteiger partial charge in [0.25, 0.3) is 20.2 Å². The minimum atomic E-state index is -4.30. The molecule has 2 N–H and O–H groups in total. The van der Waals surface area contributed by atoms with Gasteiger partial charge in [0.1, 0.15) is 0 Å². The van der Waals surface area contributed by atoms with Crippen molar-refractivity contribution in [3.8, 4) is 22.3 Å². The molecule has 37 heavy (non-hydrogen) atoms. The van der Waals surface area contributed by atoms with Gasteiger partial charge in [-0.3, -0.25) is 19.1 Å². The van der Waals surface area contributed by atoms with Gasteiger partial charge in [0.15, 0.2) is 0 Å². The van der Waals surface area contributed by atoms with Gasteiger partial charge in [0.2, 0.25) is 0 Å². The third kappa shape index (κ3) is 5.32. The van der Waals surface area contributed by atoms with Crippen LogP contribution in [0.1, 0.15) is 11.4 Å². The fraction of sp³-hybridized carbons (Fsp3) is 0.0769. The quantitative estimate of drug-likeness (QED) is 0.187. The molecular formula is C26H20N2NaO6S2. The molecule has 0 saturated heterocycles. The average molecular weight is 544 g/mol. The minimum absolute atomic E-state index is 0. The van der Waals surface area contributed by atoms with E-state index in [1.165, 1.54) is 24.3 Å². The van der Waals surface area contributed by atoms with Crippen LogP contribution < -0.4 is 0 Å². The number of aromatic nitrogens is 2. The van der Waals surface area contributed by atoms with Crippen molar-refractivity contribution in [1.29, 1.82) is 0 Å². The molecule has 0 aliphatic carbocycles.